The summed E-state index contributed by atoms with van der Waals surface area (Å²) in [5.41, 5.74) is 1.97. The van der Waals surface area contributed by atoms with E-state index < -0.39 is 6.16 Å². The van der Waals surface area contributed by atoms with E-state index in [1.54, 1.807) is 6.92 Å². The molecule has 0 aromatic heterocycles. The minimum absolute atomic E-state index is 0.0834. The lowest BCUT2D eigenvalue weighted by Gasteiger charge is -2.47. The summed E-state index contributed by atoms with van der Waals surface area (Å²) in [4.78, 5) is 25.3. The molecule has 0 unspecified atom stereocenters. The minimum atomic E-state index is -0.652. The van der Waals surface area contributed by atoms with Gasteiger partial charge in [0.25, 0.3) is 0 Å². The van der Waals surface area contributed by atoms with Crippen LogP contribution in [-0.4, -0.2) is 36.2 Å². The van der Waals surface area contributed by atoms with E-state index in [1.807, 2.05) is 11.8 Å². The first-order chi connectivity index (χ1) is 9.40. The highest BCUT2D eigenvalue weighted by atomic mass is 16.7. The van der Waals surface area contributed by atoms with Crippen molar-refractivity contribution in [1.82, 2.24) is 4.90 Å². The summed E-state index contributed by atoms with van der Waals surface area (Å²) in [6.45, 7) is 10.4. The third kappa shape index (κ3) is 2.19. The Bertz CT molecular complexity index is 455. The molecule has 1 saturated heterocycles. The average molecular weight is 281 g/mol. The predicted octanol–water partition coefficient (Wildman–Crippen LogP) is 2.57. The van der Waals surface area contributed by atoms with Gasteiger partial charge in [-0.25, -0.2) is 4.79 Å². The molecule has 2 heterocycles. The Kier molecular flexibility index (Phi) is 4.06. The Balaban J connectivity index is 2.06. The Labute approximate surface area is 119 Å². The lowest BCUT2D eigenvalue weighted by molar-refractivity contribution is -0.155. The van der Waals surface area contributed by atoms with Crippen LogP contribution in [0, 0.1) is 17.8 Å². The number of β-lactam (4-membered cyclic amide) rings is 1. The number of hydrogen-bond donors (Lipinski definition) is 0. The maximum absolute atomic E-state index is 12.2. The Morgan fingerprint density at radius 1 is 1.35 bits per heavy atom. The van der Waals surface area contributed by atoms with Gasteiger partial charge >= 0.3 is 6.16 Å². The van der Waals surface area contributed by atoms with Crippen molar-refractivity contribution in [2.24, 2.45) is 17.8 Å². The molecule has 0 bridgehead atoms. The number of carbonyl (C=O) groups excluding carboxylic acids is 2. The highest BCUT2D eigenvalue weighted by molar-refractivity contribution is 5.89. The first-order valence-electron chi connectivity index (χ1n) is 7.22. The fraction of sp³-hybridized carbons (Fsp3) is 0.733. The molecule has 0 aromatic carbocycles. The number of nitrogens with zero attached hydrogens (tertiary/aromatic N) is 1. The summed E-state index contributed by atoms with van der Waals surface area (Å²) in [6, 6.07) is 0.225. The van der Waals surface area contributed by atoms with Crippen molar-refractivity contribution < 1.29 is 19.1 Å². The lowest BCUT2D eigenvalue weighted by Crippen LogP contribution is -2.61. The summed E-state index contributed by atoms with van der Waals surface area (Å²) >= 11 is 0. The minimum Gasteiger partial charge on any atom is -0.435 e. The summed E-state index contributed by atoms with van der Waals surface area (Å²) in [5.74, 6) is 0.847. The van der Waals surface area contributed by atoms with Gasteiger partial charge in [-0.15, -0.1) is 0 Å². The van der Waals surface area contributed by atoms with Crippen LogP contribution in [0.5, 0.6) is 0 Å². The number of fused-ring (bicyclic) bond motifs is 1. The zero-order valence-corrected chi connectivity index (χ0v) is 12.8. The van der Waals surface area contributed by atoms with Crippen LogP contribution in [0.3, 0.4) is 0 Å². The molecule has 2 aliphatic rings. The second kappa shape index (κ2) is 5.46. The normalized spacial score (nSPS) is 28.6. The van der Waals surface area contributed by atoms with Gasteiger partial charge in [-0.3, -0.25) is 4.79 Å². The average Bonchev–Trinajstić information content (AvgIpc) is 2.55. The molecule has 0 aliphatic carbocycles. The Morgan fingerprint density at radius 2 is 2.00 bits per heavy atom. The third-order valence-electron chi connectivity index (χ3n) is 4.40. The van der Waals surface area contributed by atoms with E-state index in [4.69, 9.17) is 9.47 Å². The number of ether oxygens (including phenoxy) is 2. The Morgan fingerprint density at radius 3 is 2.55 bits per heavy atom. The quantitative estimate of drug-likeness (QED) is 0.587. The maximum atomic E-state index is 12.2. The van der Waals surface area contributed by atoms with Crippen LogP contribution in [0.4, 0.5) is 4.79 Å². The summed E-state index contributed by atoms with van der Waals surface area (Å²) in [7, 11) is 0. The van der Waals surface area contributed by atoms with Crippen molar-refractivity contribution in [3.63, 3.8) is 0 Å². The first-order valence-corrected chi connectivity index (χ1v) is 7.22. The van der Waals surface area contributed by atoms with Crippen molar-refractivity contribution in [2.45, 2.75) is 40.7 Å². The molecule has 20 heavy (non-hydrogen) atoms. The van der Waals surface area contributed by atoms with E-state index in [-0.39, 0.29) is 30.4 Å². The van der Waals surface area contributed by atoms with Gasteiger partial charge in [0.05, 0.1) is 18.6 Å². The number of amides is 1. The van der Waals surface area contributed by atoms with Gasteiger partial charge in [0.1, 0.15) is 6.61 Å². The van der Waals surface area contributed by atoms with Crippen molar-refractivity contribution in [3.05, 3.63) is 11.3 Å². The van der Waals surface area contributed by atoms with Gasteiger partial charge in [0.15, 0.2) is 0 Å². The van der Waals surface area contributed by atoms with Gasteiger partial charge in [0.2, 0.25) is 5.91 Å². The van der Waals surface area contributed by atoms with Crippen molar-refractivity contribution in [3.8, 4) is 0 Å². The predicted molar refractivity (Wildman–Crippen MR) is 73.8 cm³/mol. The van der Waals surface area contributed by atoms with E-state index in [9.17, 15) is 9.59 Å². The molecule has 112 valence electrons. The zero-order chi connectivity index (χ0) is 15.0. The van der Waals surface area contributed by atoms with Crippen LogP contribution in [0.2, 0.25) is 0 Å². The summed E-state index contributed by atoms with van der Waals surface area (Å²) < 4.78 is 9.86. The number of rotatable bonds is 4. The zero-order valence-electron chi connectivity index (χ0n) is 12.8. The van der Waals surface area contributed by atoms with Gasteiger partial charge in [-0.05, 0) is 25.3 Å². The van der Waals surface area contributed by atoms with E-state index in [0.717, 1.165) is 11.3 Å². The monoisotopic (exact) mass is 281 g/mol. The molecule has 1 amide bonds. The molecule has 5 heteroatoms. The van der Waals surface area contributed by atoms with E-state index in [2.05, 4.69) is 20.8 Å². The SMILES string of the molecule is CCOC(=O)OCC1=C(C)N2C(=O)[C@H](C(C)C)[C@H]2[C@H]1C. The number of hydrogen-bond acceptors (Lipinski definition) is 4. The highest BCUT2D eigenvalue weighted by Gasteiger charge is 2.56. The lowest BCUT2D eigenvalue weighted by atomic mass is 9.74. The van der Waals surface area contributed by atoms with Crippen molar-refractivity contribution in [1.29, 1.82) is 0 Å². The van der Waals surface area contributed by atoms with Crippen LogP contribution < -0.4 is 0 Å². The van der Waals surface area contributed by atoms with Crippen LogP contribution in [-0.2, 0) is 14.3 Å². The van der Waals surface area contributed by atoms with Crippen LogP contribution >= 0.6 is 0 Å². The molecular formula is C15H23NO4. The number of allylic oxidation sites excluding steroid dienone is 1. The number of carbonyl (C=O) groups is 2. The molecule has 1 fully saturated rings. The fourth-order valence-electron chi connectivity index (χ4n) is 3.36. The molecule has 5 nitrogen and oxygen atoms in total. The Hall–Kier alpha value is -1.52. The van der Waals surface area contributed by atoms with E-state index in [0.29, 0.717) is 12.5 Å². The van der Waals surface area contributed by atoms with E-state index >= 15 is 0 Å². The topological polar surface area (TPSA) is 55.8 Å². The van der Waals surface area contributed by atoms with Gasteiger partial charge in [-0.1, -0.05) is 20.8 Å². The second-order valence-electron chi connectivity index (χ2n) is 5.84. The fourth-order valence-corrected chi connectivity index (χ4v) is 3.36. The molecule has 0 radical (unpaired) electrons. The second-order valence-corrected chi connectivity index (χ2v) is 5.84. The molecule has 0 spiro atoms. The van der Waals surface area contributed by atoms with Crippen LogP contribution in [0.1, 0.15) is 34.6 Å². The molecule has 0 N–H and O–H groups in total. The van der Waals surface area contributed by atoms with Crippen LogP contribution in [0.15, 0.2) is 11.3 Å². The largest absolute Gasteiger partial charge is 0.508 e. The molecule has 2 aliphatic heterocycles. The van der Waals surface area contributed by atoms with Crippen molar-refractivity contribution >= 4 is 12.1 Å². The van der Waals surface area contributed by atoms with Gasteiger partial charge in [-0.2, -0.15) is 0 Å². The summed E-state index contributed by atoms with van der Waals surface area (Å²) in [5, 5.41) is 0. The third-order valence-corrected chi connectivity index (χ3v) is 4.40. The van der Waals surface area contributed by atoms with E-state index in [1.165, 1.54) is 0 Å². The maximum Gasteiger partial charge on any atom is 0.508 e. The first kappa shape index (κ1) is 14.9. The highest BCUT2D eigenvalue weighted by Crippen LogP contribution is 2.48. The van der Waals surface area contributed by atoms with Crippen LogP contribution in [0.25, 0.3) is 0 Å². The summed E-state index contributed by atoms with van der Waals surface area (Å²) in [6.07, 6.45) is -0.652. The van der Waals surface area contributed by atoms with Gasteiger partial charge in [0, 0.05) is 11.6 Å². The molecule has 0 aromatic rings. The molecule has 0 saturated carbocycles. The van der Waals surface area contributed by atoms with Crippen molar-refractivity contribution in [2.75, 3.05) is 13.2 Å². The standard InChI is InChI=1S/C15H23NO4/c1-6-19-15(18)20-7-11-9(4)13-12(8(2)3)14(17)16(13)10(11)5/h8-9,12-13H,6-7H2,1-5H3/t9-,12+,13+/m0/s1. The van der Waals surface area contributed by atoms with Gasteiger partial charge < -0.3 is 14.4 Å². The molecule has 2 rings (SSSR count). The molecular weight excluding hydrogens is 258 g/mol. The molecule has 3 atom stereocenters. The smallest absolute Gasteiger partial charge is 0.435 e.